The standard InChI is InChI=1S/C16H20N2O/c1-16(2)8-7-11(9-16)18-15(19)13-10-17-14-6-4-3-5-12(13)14/h3-6,10-11,17H,7-9H2,1-2H3,(H,18,19). The molecule has 1 unspecified atom stereocenters. The van der Waals surface area contributed by atoms with Crippen molar-refractivity contribution in [3.63, 3.8) is 0 Å². The quantitative estimate of drug-likeness (QED) is 0.849. The van der Waals surface area contributed by atoms with Gasteiger partial charge in [-0.15, -0.1) is 0 Å². The monoisotopic (exact) mass is 256 g/mol. The summed E-state index contributed by atoms with van der Waals surface area (Å²) in [5.41, 5.74) is 2.12. The topological polar surface area (TPSA) is 44.9 Å². The highest BCUT2D eigenvalue weighted by Crippen LogP contribution is 2.37. The van der Waals surface area contributed by atoms with E-state index in [-0.39, 0.29) is 5.91 Å². The average Bonchev–Trinajstić information content (AvgIpc) is 2.92. The van der Waals surface area contributed by atoms with Crippen molar-refractivity contribution in [3.8, 4) is 0 Å². The van der Waals surface area contributed by atoms with Crippen molar-refractivity contribution in [1.29, 1.82) is 0 Å². The van der Waals surface area contributed by atoms with E-state index in [1.165, 1.54) is 6.42 Å². The number of carbonyl (C=O) groups excluding carboxylic acids is 1. The van der Waals surface area contributed by atoms with Gasteiger partial charge in [-0.25, -0.2) is 0 Å². The summed E-state index contributed by atoms with van der Waals surface area (Å²) in [6.07, 6.45) is 5.15. The predicted molar refractivity (Wildman–Crippen MR) is 77.2 cm³/mol. The summed E-state index contributed by atoms with van der Waals surface area (Å²) in [5, 5.41) is 4.17. The summed E-state index contributed by atoms with van der Waals surface area (Å²) in [6, 6.07) is 8.23. The number of fused-ring (bicyclic) bond motifs is 1. The molecule has 0 saturated heterocycles. The fraction of sp³-hybridized carbons (Fsp3) is 0.438. The number of H-pyrrole nitrogens is 1. The lowest BCUT2D eigenvalue weighted by Crippen LogP contribution is -2.33. The van der Waals surface area contributed by atoms with E-state index in [1.54, 1.807) is 6.20 Å². The molecule has 1 aliphatic rings. The minimum atomic E-state index is 0.0418. The zero-order valence-corrected chi connectivity index (χ0v) is 11.5. The first kappa shape index (κ1) is 12.3. The van der Waals surface area contributed by atoms with Crippen LogP contribution in [0.2, 0.25) is 0 Å². The highest BCUT2D eigenvalue weighted by atomic mass is 16.1. The van der Waals surface area contributed by atoms with Crippen molar-refractivity contribution in [2.75, 3.05) is 0 Å². The van der Waals surface area contributed by atoms with Gasteiger partial charge in [0.15, 0.2) is 0 Å². The zero-order chi connectivity index (χ0) is 13.5. The summed E-state index contributed by atoms with van der Waals surface area (Å²) >= 11 is 0. The second kappa shape index (κ2) is 4.41. The fourth-order valence-electron chi connectivity index (χ4n) is 3.08. The van der Waals surface area contributed by atoms with Crippen molar-refractivity contribution in [1.82, 2.24) is 10.3 Å². The van der Waals surface area contributed by atoms with Gasteiger partial charge in [-0.2, -0.15) is 0 Å². The summed E-state index contributed by atoms with van der Waals surface area (Å²) in [7, 11) is 0. The van der Waals surface area contributed by atoms with Gasteiger partial charge in [-0.3, -0.25) is 4.79 Å². The van der Waals surface area contributed by atoms with Crippen molar-refractivity contribution in [2.24, 2.45) is 5.41 Å². The van der Waals surface area contributed by atoms with E-state index in [2.05, 4.69) is 24.1 Å². The van der Waals surface area contributed by atoms with E-state index in [1.807, 2.05) is 24.3 Å². The third kappa shape index (κ3) is 2.37. The molecule has 1 aliphatic carbocycles. The molecule has 1 fully saturated rings. The van der Waals surface area contributed by atoms with E-state index in [0.29, 0.717) is 11.5 Å². The normalized spacial score (nSPS) is 21.7. The van der Waals surface area contributed by atoms with Gasteiger partial charge >= 0.3 is 0 Å². The fourth-order valence-corrected chi connectivity index (χ4v) is 3.08. The maximum absolute atomic E-state index is 12.4. The average molecular weight is 256 g/mol. The lowest BCUT2D eigenvalue weighted by atomic mass is 9.92. The largest absolute Gasteiger partial charge is 0.360 e. The van der Waals surface area contributed by atoms with Crippen LogP contribution in [-0.2, 0) is 0 Å². The molecule has 0 spiro atoms. The van der Waals surface area contributed by atoms with Gasteiger partial charge in [-0.05, 0) is 30.7 Å². The Hall–Kier alpha value is -1.77. The number of carbonyl (C=O) groups is 1. The van der Waals surface area contributed by atoms with Crippen LogP contribution in [0.25, 0.3) is 10.9 Å². The smallest absolute Gasteiger partial charge is 0.253 e. The third-order valence-electron chi connectivity index (χ3n) is 4.14. The maximum atomic E-state index is 12.4. The Morgan fingerprint density at radius 2 is 2.16 bits per heavy atom. The van der Waals surface area contributed by atoms with Crippen LogP contribution in [0, 0.1) is 5.41 Å². The van der Waals surface area contributed by atoms with Crippen LogP contribution in [0.5, 0.6) is 0 Å². The van der Waals surface area contributed by atoms with Gasteiger partial charge in [0, 0.05) is 23.1 Å². The number of hydrogen-bond acceptors (Lipinski definition) is 1. The minimum absolute atomic E-state index is 0.0418. The van der Waals surface area contributed by atoms with Gasteiger partial charge in [0.25, 0.3) is 5.91 Å². The summed E-state index contributed by atoms with van der Waals surface area (Å²) in [5.74, 6) is 0.0418. The number of rotatable bonds is 2. The minimum Gasteiger partial charge on any atom is -0.360 e. The summed E-state index contributed by atoms with van der Waals surface area (Å²) in [4.78, 5) is 15.5. The molecule has 2 aromatic rings. The third-order valence-corrected chi connectivity index (χ3v) is 4.14. The van der Waals surface area contributed by atoms with Gasteiger partial charge in [0.2, 0.25) is 0 Å². The van der Waals surface area contributed by atoms with Gasteiger partial charge in [-0.1, -0.05) is 32.0 Å². The molecule has 3 rings (SSSR count). The number of nitrogens with one attached hydrogen (secondary N) is 2. The van der Waals surface area contributed by atoms with Gasteiger partial charge in [0.05, 0.1) is 5.56 Å². The number of hydrogen-bond donors (Lipinski definition) is 2. The molecule has 100 valence electrons. The van der Waals surface area contributed by atoms with Crippen LogP contribution >= 0.6 is 0 Å². The van der Waals surface area contributed by atoms with Crippen LogP contribution in [0.4, 0.5) is 0 Å². The second-order valence-corrected chi connectivity index (χ2v) is 6.33. The summed E-state index contributed by atoms with van der Waals surface area (Å²) in [6.45, 7) is 4.54. The van der Waals surface area contributed by atoms with Crippen LogP contribution in [0.15, 0.2) is 30.5 Å². The first-order valence-corrected chi connectivity index (χ1v) is 6.92. The van der Waals surface area contributed by atoms with E-state index in [4.69, 9.17) is 0 Å². The molecule has 1 aromatic heterocycles. The Morgan fingerprint density at radius 3 is 2.89 bits per heavy atom. The highest BCUT2D eigenvalue weighted by molar-refractivity contribution is 6.06. The van der Waals surface area contributed by atoms with Crippen molar-refractivity contribution < 1.29 is 4.79 Å². The van der Waals surface area contributed by atoms with Crippen LogP contribution in [-0.4, -0.2) is 16.9 Å². The van der Waals surface area contributed by atoms with E-state index in [9.17, 15) is 4.79 Å². The molecule has 2 N–H and O–H groups in total. The number of benzene rings is 1. The first-order chi connectivity index (χ1) is 9.05. The molecule has 1 atom stereocenters. The van der Waals surface area contributed by atoms with Crippen LogP contribution < -0.4 is 5.32 Å². The molecule has 19 heavy (non-hydrogen) atoms. The molecule has 0 bridgehead atoms. The van der Waals surface area contributed by atoms with E-state index in [0.717, 1.165) is 29.3 Å². The SMILES string of the molecule is CC1(C)CCC(NC(=O)c2c[nH]c3ccccc23)C1. The predicted octanol–water partition coefficient (Wildman–Crippen LogP) is 3.48. The Bertz CT molecular complexity index is 612. The Morgan fingerprint density at radius 1 is 1.37 bits per heavy atom. The van der Waals surface area contributed by atoms with Crippen molar-refractivity contribution >= 4 is 16.8 Å². The molecule has 3 heteroatoms. The lowest BCUT2D eigenvalue weighted by molar-refractivity contribution is 0.0937. The molecular formula is C16H20N2O. The maximum Gasteiger partial charge on any atom is 0.253 e. The van der Waals surface area contributed by atoms with E-state index >= 15 is 0 Å². The Labute approximate surface area is 113 Å². The number of aromatic nitrogens is 1. The van der Waals surface area contributed by atoms with Crippen molar-refractivity contribution in [3.05, 3.63) is 36.0 Å². The molecule has 1 heterocycles. The molecule has 1 aromatic carbocycles. The molecule has 3 nitrogen and oxygen atoms in total. The van der Waals surface area contributed by atoms with Crippen LogP contribution in [0.1, 0.15) is 43.5 Å². The zero-order valence-electron chi connectivity index (χ0n) is 11.5. The van der Waals surface area contributed by atoms with Crippen molar-refractivity contribution in [2.45, 2.75) is 39.2 Å². The first-order valence-electron chi connectivity index (χ1n) is 6.92. The van der Waals surface area contributed by atoms with Gasteiger partial charge < -0.3 is 10.3 Å². The molecule has 0 aliphatic heterocycles. The summed E-state index contributed by atoms with van der Waals surface area (Å²) < 4.78 is 0. The van der Waals surface area contributed by atoms with E-state index < -0.39 is 0 Å². The highest BCUT2D eigenvalue weighted by Gasteiger charge is 2.32. The Balaban J connectivity index is 1.78. The second-order valence-electron chi connectivity index (χ2n) is 6.33. The van der Waals surface area contributed by atoms with Gasteiger partial charge in [0.1, 0.15) is 0 Å². The Kier molecular flexibility index (Phi) is 2.85. The molecular weight excluding hydrogens is 236 g/mol. The van der Waals surface area contributed by atoms with Crippen LogP contribution in [0.3, 0.4) is 0 Å². The molecule has 1 amide bonds. The number of amides is 1. The molecule has 0 radical (unpaired) electrons. The molecule has 1 saturated carbocycles. The lowest BCUT2D eigenvalue weighted by Gasteiger charge is -2.17. The number of para-hydroxylation sites is 1. The number of aromatic amines is 1.